The second-order valence-corrected chi connectivity index (χ2v) is 6.98. The largest absolute Gasteiger partial charge is 0.399 e. The van der Waals surface area contributed by atoms with Gasteiger partial charge in [0.25, 0.3) is 0 Å². The molecule has 0 aliphatic heterocycles. The minimum atomic E-state index is -3.74. The fourth-order valence-electron chi connectivity index (χ4n) is 2.16. The van der Waals surface area contributed by atoms with Crippen molar-refractivity contribution in [2.24, 2.45) is 0 Å². The summed E-state index contributed by atoms with van der Waals surface area (Å²) in [5.74, 6) is 0. The fourth-order valence-corrected chi connectivity index (χ4v) is 3.92. The zero-order valence-electron chi connectivity index (χ0n) is 11.8. The van der Waals surface area contributed by atoms with Crippen LogP contribution in [0.1, 0.15) is 24.1 Å². The highest BCUT2D eigenvalue weighted by molar-refractivity contribution is 7.89. The van der Waals surface area contributed by atoms with Crippen molar-refractivity contribution < 1.29 is 8.42 Å². The quantitative estimate of drug-likeness (QED) is 0.848. The first-order valence-electron chi connectivity index (χ1n) is 6.44. The molecular weight excluding hydrogens is 308 g/mol. The number of nitrogens with one attached hydrogen (secondary N) is 1. The molecule has 112 valence electrons. The number of aryl methyl sites for hydroxylation is 1. The molecule has 1 unspecified atom stereocenters. The van der Waals surface area contributed by atoms with Gasteiger partial charge in [0.1, 0.15) is 4.90 Å². The van der Waals surface area contributed by atoms with Crippen LogP contribution in [0.15, 0.2) is 47.4 Å². The predicted octanol–water partition coefficient (Wildman–Crippen LogP) is 3.27. The summed E-state index contributed by atoms with van der Waals surface area (Å²) in [5, 5.41) is 0.147. The van der Waals surface area contributed by atoms with E-state index in [9.17, 15) is 8.42 Å². The number of hydrogen-bond acceptors (Lipinski definition) is 3. The summed E-state index contributed by atoms with van der Waals surface area (Å²) in [4.78, 5) is -0.00963. The van der Waals surface area contributed by atoms with Crippen LogP contribution < -0.4 is 10.5 Å². The molecule has 21 heavy (non-hydrogen) atoms. The van der Waals surface area contributed by atoms with Crippen LogP contribution in [0.5, 0.6) is 0 Å². The monoisotopic (exact) mass is 324 g/mol. The zero-order chi connectivity index (χ0) is 15.6. The van der Waals surface area contributed by atoms with Gasteiger partial charge < -0.3 is 5.73 Å². The Morgan fingerprint density at radius 3 is 2.52 bits per heavy atom. The normalized spacial score (nSPS) is 13.1. The Morgan fingerprint density at radius 2 is 1.86 bits per heavy atom. The fraction of sp³-hybridized carbons (Fsp3) is 0.200. The smallest absolute Gasteiger partial charge is 0.242 e. The van der Waals surface area contributed by atoms with Gasteiger partial charge in [0.05, 0.1) is 5.02 Å². The lowest BCUT2D eigenvalue weighted by atomic mass is 10.0. The molecule has 4 nitrogen and oxygen atoms in total. The number of anilines is 1. The third-order valence-electron chi connectivity index (χ3n) is 3.23. The number of nitrogens with two attached hydrogens (primary N) is 1. The molecule has 0 bridgehead atoms. The van der Waals surface area contributed by atoms with E-state index in [0.29, 0.717) is 5.69 Å². The maximum atomic E-state index is 12.4. The first kappa shape index (κ1) is 15.8. The van der Waals surface area contributed by atoms with Gasteiger partial charge in [-0.15, -0.1) is 0 Å². The highest BCUT2D eigenvalue weighted by Crippen LogP contribution is 2.26. The van der Waals surface area contributed by atoms with Gasteiger partial charge in [0.15, 0.2) is 0 Å². The van der Waals surface area contributed by atoms with Crippen LogP contribution in [-0.2, 0) is 10.0 Å². The molecule has 0 saturated heterocycles. The van der Waals surface area contributed by atoms with E-state index < -0.39 is 10.0 Å². The van der Waals surface area contributed by atoms with Crippen molar-refractivity contribution in [1.82, 2.24) is 4.72 Å². The Labute approximate surface area is 130 Å². The summed E-state index contributed by atoms with van der Waals surface area (Å²) < 4.78 is 27.5. The minimum Gasteiger partial charge on any atom is -0.399 e. The molecule has 0 aliphatic carbocycles. The van der Waals surface area contributed by atoms with E-state index in [2.05, 4.69) is 4.72 Å². The van der Waals surface area contributed by atoms with E-state index in [1.54, 1.807) is 13.0 Å². The van der Waals surface area contributed by atoms with Gasteiger partial charge >= 0.3 is 0 Å². The number of benzene rings is 2. The van der Waals surface area contributed by atoms with Crippen molar-refractivity contribution in [3.05, 3.63) is 58.6 Å². The molecule has 0 aromatic heterocycles. The van der Waals surface area contributed by atoms with Crippen LogP contribution in [-0.4, -0.2) is 8.42 Å². The molecule has 0 amide bonds. The molecule has 2 aromatic rings. The van der Waals surface area contributed by atoms with Gasteiger partial charge in [0.2, 0.25) is 10.0 Å². The number of hydrogen-bond donors (Lipinski definition) is 2. The van der Waals surface area contributed by atoms with Gasteiger partial charge in [-0.2, -0.15) is 0 Å². The van der Waals surface area contributed by atoms with Crippen molar-refractivity contribution in [2.45, 2.75) is 24.8 Å². The first-order valence-corrected chi connectivity index (χ1v) is 8.30. The van der Waals surface area contributed by atoms with E-state index in [1.807, 2.05) is 31.2 Å². The molecule has 6 heteroatoms. The topological polar surface area (TPSA) is 72.2 Å². The van der Waals surface area contributed by atoms with Crippen LogP contribution in [0.4, 0.5) is 5.69 Å². The standard InChI is InChI=1S/C15H17ClN2O2S/c1-10-5-3-4-6-13(10)11(2)18-21(19,20)15-9-12(17)7-8-14(15)16/h3-9,11,18H,17H2,1-2H3. The summed E-state index contributed by atoms with van der Waals surface area (Å²) in [6.07, 6.45) is 0. The number of nitrogen functional groups attached to an aromatic ring is 1. The minimum absolute atomic E-state index is 0.00963. The van der Waals surface area contributed by atoms with Crippen LogP contribution in [0, 0.1) is 6.92 Å². The van der Waals surface area contributed by atoms with Crippen LogP contribution in [0.25, 0.3) is 0 Å². The number of rotatable bonds is 4. The Morgan fingerprint density at radius 1 is 1.19 bits per heavy atom. The summed E-state index contributed by atoms with van der Waals surface area (Å²) in [5.41, 5.74) is 7.93. The van der Waals surface area contributed by atoms with Crippen molar-refractivity contribution in [1.29, 1.82) is 0 Å². The van der Waals surface area contributed by atoms with Gasteiger partial charge in [-0.25, -0.2) is 13.1 Å². The lowest BCUT2D eigenvalue weighted by Gasteiger charge is -2.17. The van der Waals surface area contributed by atoms with Crippen LogP contribution in [0.3, 0.4) is 0 Å². The molecule has 0 fully saturated rings. The van der Waals surface area contributed by atoms with Gasteiger partial charge in [-0.3, -0.25) is 0 Å². The molecule has 2 rings (SSSR count). The number of sulfonamides is 1. The van der Waals surface area contributed by atoms with Crippen LogP contribution in [0.2, 0.25) is 5.02 Å². The van der Waals surface area contributed by atoms with Gasteiger partial charge in [0, 0.05) is 11.7 Å². The average molecular weight is 325 g/mol. The maximum absolute atomic E-state index is 12.4. The second-order valence-electron chi connectivity index (χ2n) is 4.89. The zero-order valence-corrected chi connectivity index (χ0v) is 13.4. The highest BCUT2D eigenvalue weighted by Gasteiger charge is 2.22. The van der Waals surface area contributed by atoms with E-state index in [-0.39, 0.29) is 16.0 Å². The molecule has 2 aromatic carbocycles. The molecule has 0 spiro atoms. The molecular formula is C15H17ClN2O2S. The molecule has 0 heterocycles. The molecule has 1 atom stereocenters. The summed E-state index contributed by atoms with van der Waals surface area (Å²) in [7, 11) is -3.74. The molecule has 3 N–H and O–H groups in total. The SMILES string of the molecule is Cc1ccccc1C(C)NS(=O)(=O)c1cc(N)ccc1Cl. The molecule has 0 radical (unpaired) electrons. The predicted molar refractivity (Wildman–Crippen MR) is 85.8 cm³/mol. The highest BCUT2D eigenvalue weighted by atomic mass is 35.5. The van der Waals surface area contributed by atoms with E-state index in [4.69, 9.17) is 17.3 Å². The number of halogens is 1. The lowest BCUT2D eigenvalue weighted by Crippen LogP contribution is -2.27. The summed E-state index contributed by atoms with van der Waals surface area (Å²) in [6.45, 7) is 3.73. The third-order valence-corrected chi connectivity index (χ3v) is 5.25. The van der Waals surface area contributed by atoms with Crippen molar-refractivity contribution >= 4 is 27.3 Å². The molecule has 0 aliphatic rings. The third kappa shape index (κ3) is 3.56. The van der Waals surface area contributed by atoms with E-state index >= 15 is 0 Å². The average Bonchev–Trinajstić information content (AvgIpc) is 2.41. The summed E-state index contributed by atoms with van der Waals surface area (Å²) in [6, 6.07) is 11.6. The summed E-state index contributed by atoms with van der Waals surface area (Å²) >= 11 is 5.97. The Kier molecular flexibility index (Phi) is 4.56. The maximum Gasteiger partial charge on any atom is 0.242 e. The lowest BCUT2D eigenvalue weighted by molar-refractivity contribution is 0.566. The molecule has 0 saturated carbocycles. The second kappa shape index (κ2) is 6.05. The van der Waals surface area contributed by atoms with Gasteiger partial charge in [-0.1, -0.05) is 35.9 Å². The van der Waals surface area contributed by atoms with Crippen LogP contribution >= 0.6 is 11.6 Å². The van der Waals surface area contributed by atoms with Gasteiger partial charge in [-0.05, 0) is 43.2 Å². The van der Waals surface area contributed by atoms with Crippen molar-refractivity contribution in [3.8, 4) is 0 Å². The van der Waals surface area contributed by atoms with Crippen molar-refractivity contribution in [3.63, 3.8) is 0 Å². The Hall–Kier alpha value is -1.56. The van der Waals surface area contributed by atoms with Crippen molar-refractivity contribution in [2.75, 3.05) is 5.73 Å². The Balaban J connectivity index is 2.34. The Bertz CT molecular complexity index is 760. The van der Waals surface area contributed by atoms with E-state index in [0.717, 1.165) is 11.1 Å². The first-order chi connectivity index (χ1) is 9.81. The van der Waals surface area contributed by atoms with E-state index in [1.165, 1.54) is 12.1 Å².